The van der Waals surface area contributed by atoms with Crippen LogP contribution in [0.4, 0.5) is 0 Å². The molecule has 1 heterocycles. The quantitative estimate of drug-likeness (QED) is 0.392. The Bertz CT molecular complexity index is 1030. The number of hydrogen-bond donors (Lipinski definition) is 1. The van der Waals surface area contributed by atoms with Gasteiger partial charge in [0.05, 0.1) is 5.25 Å². The Labute approximate surface area is 208 Å². The zero-order valence-electron chi connectivity index (χ0n) is 21.0. The number of amides is 1. The smallest absolute Gasteiger partial charge is 0.233 e. The number of aromatic nitrogens is 3. The van der Waals surface area contributed by atoms with E-state index in [1.165, 1.54) is 55.9 Å². The van der Waals surface area contributed by atoms with Crippen LogP contribution in [0.2, 0.25) is 0 Å². The number of allylic oxidation sites excluding steroid dienone is 1. The highest BCUT2D eigenvalue weighted by Crippen LogP contribution is 2.55. The number of carbonyl (C=O) groups is 1. The van der Waals surface area contributed by atoms with Crippen LogP contribution < -0.4 is 5.32 Å². The van der Waals surface area contributed by atoms with Crippen molar-refractivity contribution in [3.05, 3.63) is 42.5 Å². The van der Waals surface area contributed by atoms with Crippen molar-refractivity contribution >= 4 is 17.7 Å². The van der Waals surface area contributed by atoms with Gasteiger partial charge >= 0.3 is 0 Å². The van der Waals surface area contributed by atoms with Crippen LogP contribution in [0.15, 0.2) is 42.1 Å². The van der Waals surface area contributed by atoms with Gasteiger partial charge in [0.25, 0.3) is 0 Å². The average molecular weight is 479 g/mol. The van der Waals surface area contributed by atoms with Gasteiger partial charge in [-0.25, -0.2) is 0 Å². The zero-order valence-corrected chi connectivity index (χ0v) is 21.8. The van der Waals surface area contributed by atoms with Gasteiger partial charge in [0.2, 0.25) is 5.91 Å². The van der Waals surface area contributed by atoms with E-state index in [4.69, 9.17) is 0 Å². The highest BCUT2D eigenvalue weighted by Gasteiger charge is 2.51. The topological polar surface area (TPSA) is 59.8 Å². The molecular formula is C28H38N4OS. The predicted octanol–water partition coefficient (Wildman–Crippen LogP) is 5.99. The standard InChI is InChI=1S/C28H38N4OS/c1-6-11-32-24(22-7-9-23(10-8-22)27(3,4)5)30-31-26(32)34-18(2)25(33)29-28-15-19-12-20(16-28)14-21(13-19)17-28/h6-10,18-21H,1,11-17H2,2-5H3,(H,29,33)/t18-,19?,20?,21?,28?/m0/s1. The summed E-state index contributed by atoms with van der Waals surface area (Å²) < 4.78 is 2.07. The number of nitrogens with one attached hydrogen (secondary N) is 1. The molecule has 6 heteroatoms. The fourth-order valence-electron chi connectivity index (χ4n) is 6.84. The Balaban J connectivity index is 1.31. The molecule has 4 aliphatic rings. The predicted molar refractivity (Wildman–Crippen MR) is 139 cm³/mol. The fraction of sp³-hybridized carbons (Fsp3) is 0.607. The lowest BCUT2D eigenvalue weighted by molar-refractivity contribution is -0.126. The first-order chi connectivity index (χ1) is 16.2. The van der Waals surface area contributed by atoms with Crippen LogP contribution >= 0.6 is 11.8 Å². The van der Waals surface area contributed by atoms with Gasteiger partial charge < -0.3 is 5.32 Å². The first-order valence-corrected chi connectivity index (χ1v) is 13.7. The molecule has 1 amide bonds. The minimum atomic E-state index is -0.225. The van der Waals surface area contributed by atoms with E-state index in [1.807, 2.05) is 13.0 Å². The molecule has 5 nitrogen and oxygen atoms in total. The summed E-state index contributed by atoms with van der Waals surface area (Å²) in [5, 5.41) is 13.0. The van der Waals surface area contributed by atoms with Crippen LogP contribution in [0.1, 0.15) is 71.8 Å². The van der Waals surface area contributed by atoms with Gasteiger partial charge in [0.15, 0.2) is 11.0 Å². The van der Waals surface area contributed by atoms with Gasteiger partial charge in [-0.05, 0) is 74.2 Å². The molecule has 34 heavy (non-hydrogen) atoms. The highest BCUT2D eigenvalue weighted by atomic mass is 32.2. The van der Waals surface area contributed by atoms with Crippen molar-refractivity contribution in [3.8, 4) is 11.4 Å². The van der Waals surface area contributed by atoms with E-state index in [0.29, 0.717) is 6.54 Å². The van der Waals surface area contributed by atoms with E-state index in [0.717, 1.165) is 34.3 Å². The molecule has 2 aromatic rings. The van der Waals surface area contributed by atoms with Crippen LogP contribution in [-0.4, -0.2) is 31.5 Å². The highest BCUT2D eigenvalue weighted by molar-refractivity contribution is 8.00. The summed E-state index contributed by atoms with van der Waals surface area (Å²) in [6.45, 7) is 13.2. The molecule has 1 aromatic carbocycles. The molecule has 0 radical (unpaired) electrons. The van der Waals surface area contributed by atoms with Crippen LogP contribution in [0, 0.1) is 17.8 Å². The third kappa shape index (κ3) is 4.58. The fourth-order valence-corrected chi connectivity index (χ4v) is 7.70. The summed E-state index contributed by atoms with van der Waals surface area (Å²) in [6.07, 6.45) is 9.51. The number of carbonyl (C=O) groups excluding carboxylic acids is 1. The maximum Gasteiger partial charge on any atom is 0.233 e. The molecule has 182 valence electrons. The van der Waals surface area contributed by atoms with Gasteiger partial charge in [0, 0.05) is 17.6 Å². The molecule has 1 atom stereocenters. The second-order valence-corrected chi connectivity index (χ2v) is 13.3. The van der Waals surface area contributed by atoms with Gasteiger partial charge in [-0.15, -0.1) is 16.8 Å². The number of rotatable bonds is 7. The lowest BCUT2D eigenvalue weighted by Gasteiger charge is -2.57. The number of hydrogen-bond acceptors (Lipinski definition) is 4. The normalized spacial score (nSPS) is 28.6. The third-order valence-electron chi connectivity index (χ3n) is 8.12. The van der Waals surface area contributed by atoms with Crippen molar-refractivity contribution < 1.29 is 4.79 Å². The van der Waals surface area contributed by atoms with Crippen LogP contribution in [-0.2, 0) is 16.8 Å². The summed E-state index contributed by atoms with van der Waals surface area (Å²) in [4.78, 5) is 13.3. The lowest BCUT2D eigenvalue weighted by atomic mass is 9.53. The maximum atomic E-state index is 13.3. The summed E-state index contributed by atoms with van der Waals surface area (Å²) in [6, 6.07) is 8.55. The molecule has 4 bridgehead atoms. The van der Waals surface area contributed by atoms with Crippen LogP contribution in [0.3, 0.4) is 0 Å². The molecule has 1 aromatic heterocycles. The summed E-state index contributed by atoms with van der Waals surface area (Å²) in [5.41, 5.74) is 2.46. The zero-order chi connectivity index (χ0) is 24.1. The maximum absolute atomic E-state index is 13.3. The van der Waals surface area contributed by atoms with Crippen LogP contribution in [0.5, 0.6) is 0 Å². The van der Waals surface area contributed by atoms with E-state index in [9.17, 15) is 4.79 Å². The molecule has 0 aliphatic heterocycles. The molecule has 0 saturated heterocycles. The number of thioether (sulfide) groups is 1. The summed E-state index contributed by atoms with van der Waals surface area (Å²) in [7, 11) is 0. The van der Waals surface area contributed by atoms with Crippen molar-refractivity contribution in [1.29, 1.82) is 0 Å². The van der Waals surface area contributed by atoms with E-state index in [2.05, 4.69) is 71.7 Å². The summed E-state index contributed by atoms with van der Waals surface area (Å²) >= 11 is 1.50. The molecule has 0 spiro atoms. The van der Waals surface area contributed by atoms with Gasteiger partial charge in [-0.1, -0.05) is 62.9 Å². The third-order valence-corrected chi connectivity index (χ3v) is 9.20. The molecule has 0 unspecified atom stereocenters. The Morgan fingerprint density at radius 2 is 1.74 bits per heavy atom. The average Bonchev–Trinajstić information content (AvgIpc) is 3.14. The van der Waals surface area contributed by atoms with Crippen molar-refractivity contribution in [1.82, 2.24) is 20.1 Å². The van der Waals surface area contributed by atoms with Crippen LogP contribution in [0.25, 0.3) is 11.4 Å². The van der Waals surface area contributed by atoms with E-state index >= 15 is 0 Å². The molecule has 4 saturated carbocycles. The Kier molecular flexibility index (Phi) is 6.16. The Morgan fingerprint density at radius 3 is 2.26 bits per heavy atom. The first-order valence-electron chi connectivity index (χ1n) is 12.8. The number of benzene rings is 1. The van der Waals surface area contributed by atoms with Gasteiger partial charge in [-0.3, -0.25) is 9.36 Å². The molecule has 4 fully saturated rings. The SMILES string of the molecule is C=CCn1c(S[C@@H](C)C(=O)NC23CC4CC(CC(C4)C2)C3)nnc1-c1ccc(C(C)(C)C)cc1. The first kappa shape index (κ1) is 23.7. The molecule has 1 N–H and O–H groups in total. The van der Waals surface area contributed by atoms with Crippen molar-refractivity contribution in [2.45, 2.75) is 94.1 Å². The second-order valence-electron chi connectivity index (χ2n) is 12.0. The van der Waals surface area contributed by atoms with E-state index in [1.54, 1.807) is 0 Å². The van der Waals surface area contributed by atoms with Gasteiger partial charge in [-0.2, -0.15) is 0 Å². The monoisotopic (exact) mass is 478 g/mol. The Morgan fingerprint density at radius 1 is 1.15 bits per heavy atom. The summed E-state index contributed by atoms with van der Waals surface area (Å²) in [5.74, 6) is 3.40. The molecule has 6 rings (SSSR count). The van der Waals surface area contributed by atoms with Crippen molar-refractivity contribution in [2.24, 2.45) is 17.8 Å². The van der Waals surface area contributed by atoms with Gasteiger partial charge in [0.1, 0.15) is 0 Å². The largest absolute Gasteiger partial charge is 0.350 e. The lowest BCUT2D eigenvalue weighted by Crippen LogP contribution is -2.60. The van der Waals surface area contributed by atoms with E-state index < -0.39 is 0 Å². The molecular weight excluding hydrogens is 440 g/mol. The number of nitrogens with zero attached hydrogens (tertiary/aromatic N) is 3. The van der Waals surface area contributed by atoms with E-state index in [-0.39, 0.29) is 22.1 Å². The second kappa shape index (κ2) is 8.85. The van der Waals surface area contributed by atoms with Crippen molar-refractivity contribution in [2.75, 3.05) is 0 Å². The molecule has 4 aliphatic carbocycles. The minimum Gasteiger partial charge on any atom is -0.350 e. The van der Waals surface area contributed by atoms with Crippen molar-refractivity contribution in [3.63, 3.8) is 0 Å². The minimum absolute atomic E-state index is 0.0371. The Hall–Kier alpha value is -2.08.